The highest BCUT2D eigenvalue weighted by atomic mass is 19.1. The van der Waals surface area contributed by atoms with Gasteiger partial charge in [0.25, 0.3) is 5.91 Å². The van der Waals surface area contributed by atoms with Crippen LogP contribution in [0.3, 0.4) is 0 Å². The van der Waals surface area contributed by atoms with Crippen molar-refractivity contribution in [3.63, 3.8) is 0 Å². The number of benzene rings is 1. The maximum atomic E-state index is 14.1. The molecule has 0 radical (unpaired) electrons. The third-order valence-electron chi connectivity index (χ3n) is 5.76. The standard InChI is InChI=1S/C25H27FN8O2/c1-13(2)32-18-6-4-15(5-7-18)20-21(27)34-23-19(12-31-34)24(35)29-9-14(3)36-25-16(8-17(26)11-30-25)10-28-22(20)33-23/h4-8,11-14,32H,9-10,27H2,1-3H3,(H,28,33)(H,29,35)/t14-/m0/s1. The van der Waals surface area contributed by atoms with Gasteiger partial charge < -0.3 is 26.4 Å². The first-order valence-corrected chi connectivity index (χ1v) is 11.7. The molecule has 0 saturated carbocycles. The third kappa shape index (κ3) is 4.47. The van der Waals surface area contributed by atoms with Gasteiger partial charge in [0.1, 0.15) is 29.1 Å². The number of carbonyl (C=O) groups excluding carboxylic acids is 1. The van der Waals surface area contributed by atoms with Crippen molar-refractivity contribution in [1.29, 1.82) is 0 Å². The Morgan fingerprint density at radius 2 is 2.00 bits per heavy atom. The number of amides is 1. The lowest BCUT2D eigenvalue weighted by Gasteiger charge is -2.18. The van der Waals surface area contributed by atoms with Crippen LogP contribution in [-0.2, 0) is 6.54 Å². The van der Waals surface area contributed by atoms with Gasteiger partial charge in [-0.05, 0) is 44.5 Å². The fourth-order valence-electron chi connectivity index (χ4n) is 4.10. The molecule has 5 N–H and O–H groups in total. The number of halogens is 1. The topological polar surface area (TPSA) is 131 Å². The van der Waals surface area contributed by atoms with E-state index in [1.54, 1.807) is 6.92 Å². The van der Waals surface area contributed by atoms with Gasteiger partial charge in [-0.2, -0.15) is 9.61 Å². The van der Waals surface area contributed by atoms with Crippen molar-refractivity contribution in [2.24, 2.45) is 0 Å². The number of ether oxygens (including phenoxy) is 1. The largest absolute Gasteiger partial charge is 0.473 e. The number of anilines is 3. The molecule has 4 heterocycles. The number of nitrogens with two attached hydrogens (primary N) is 1. The molecule has 11 heteroatoms. The Kier molecular flexibility index (Phi) is 6.05. The first kappa shape index (κ1) is 23.3. The molecule has 1 aliphatic rings. The molecule has 0 fully saturated rings. The molecule has 5 rings (SSSR count). The molecule has 1 aromatic carbocycles. The van der Waals surface area contributed by atoms with Crippen LogP contribution in [0.15, 0.2) is 42.7 Å². The summed E-state index contributed by atoms with van der Waals surface area (Å²) in [7, 11) is 0. The van der Waals surface area contributed by atoms with Crippen molar-refractivity contribution in [2.75, 3.05) is 22.9 Å². The molecule has 2 bridgehead atoms. The number of aromatic nitrogens is 4. The van der Waals surface area contributed by atoms with Crippen LogP contribution in [0.25, 0.3) is 16.8 Å². The lowest BCUT2D eigenvalue weighted by molar-refractivity contribution is 0.0932. The van der Waals surface area contributed by atoms with E-state index in [2.05, 4.69) is 39.9 Å². The summed E-state index contributed by atoms with van der Waals surface area (Å²) in [6.07, 6.45) is 2.13. The second kappa shape index (κ2) is 9.33. The zero-order chi connectivity index (χ0) is 25.4. The zero-order valence-electron chi connectivity index (χ0n) is 20.2. The molecule has 1 atom stereocenters. The third-order valence-corrected chi connectivity index (χ3v) is 5.76. The van der Waals surface area contributed by atoms with Crippen LogP contribution in [0.4, 0.5) is 21.7 Å². The lowest BCUT2D eigenvalue weighted by Crippen LogP contribution is -2.33. The molecule has 0 saturated heterocycles. The summed E-state index contributed by atoms with van der Waals surface area (Å²) in [4.78, 5) is 21.8. The van der Waals surface area contributed by atoms with Crippen LogP contribution in [0.2, 0.25) is 0 Å². The smallest absolute Gasteiger partial charge is 0.256 e. The van der Waals surface area contributed by atoms with Crippen molar-refractivity contribution in [2.45, 2.75) is 39.5 Å². The van der Waals surface area contributed by atoms with Gasteiger partial charge in [-0.3, -0.25) is 4.79 Å². The van der Waals surface area contributed by atoms with E-state index in [0.29, 0.717) is 28.4 Å². The van der Waals surface area contributed by atoms with E-state index >= 15 is 0 Å². The monoisotopic (exact) mass is 490 g/mol. The van der Waals surface area contributed by atoms with Crippen molar-refractivity contribution in [3.05, 3.63) is 59.7 Å². The fraction of sp³-hybridized carbons (Fsp3) is 0.280. The molecule has 10 nitrogen and oxygen atoms in total. The average Bonchev–Trinajstić information content (AvgIpc) is 3.27. The minimum Gasteiger partial charge on any atom is -0.473 e. The quantitative estimate of drug-likeness (QED) is 0.343. The van der Waals surface area contributed by atoms with Gasteiger partial charge in [-0.15, -0.1) is 0 Å². The first-order valence-electron chi connectivity index (χ1n) is 11.7. The number of rotatable bonds is 3. The highest BCUT2D eigenvalue weighted by Crippen LogP contribution is 2.35. The van der Waals surface area contributed by atoms with Gasteiger partial charge in [0.2, 0.25) is 5.88 Å². The normalized spacial score (nSPS) is 15.8. The van der Waals surface area contributed by atoms with Crippen molar-refractivity contribution in [1.82, 2.24) is 24.9 Å². The second-order valence-corrected chi connectivity index (χ2v) is 9.00. The minimum atomic E-state index is -0.487. The number of fused-ring (bicyclic) bond motifs is 2. The maximum Gasteiger partial charge on any atom is 0.256 e. The number of hydrogen-bond donors (Lipinski definition) is 4. The van der Waals surface area contributed by atoms with Gasteiger partial charge in [-0.1, -0.05) is 12.1 Å². The molecular weight excluding hydrogens is 463 g/mol. The predicted octanol–water partition coefficient (Wildman–Crippen LogP) is 3.46. The number of nitrogen functional groups attached to an aromatic ring is 1. The number of nitrogens with one attached hydrogen (secondary N) is 3. The van der Waals surface area contributed by atoms with E-state index in [1.807, 2.05) is 24.3 Å². The molecule has 0 aliphatic carbocycles. The molecule has 1 amide bonds. The molecule has 0 unspecified atom stereocenters. The van der Waals surface area contributed by atoms with Gasteiger partial charge >= 0.3 is 0 Å². The molecule has 186 valence electrons. The van der Waals surface area contributed by atoms with Crippen molar-refractivity contribution >= 4 is 28.9 Å². The lowest BCUT2D eigenvalue weighted by atomic mass is 10.1. The van der Waals surface area contributed by atoms with E-state index in [1.165, 1.54) is 16.8 Å². The van der Waals surface area contributed by atoms with Crippen LogP contribution < -0.4 is 26.4 Å². The van der Waals surface area contributed by atoms with E-state index < -0.39 is 11.9 Å². The van der Waals surface area contributed by atoms with Crippen LogP contribution in [0, 0.1) is 5.82 Å². The number of carbonyl (C=O) groups is 1. The van der Waals surface area contributed by atoms with Gasteiger partial charge in [0, 0.05) is 23.8 Å². The minimum absolute atomic E-state index is 0.167. The Morgan fingerprint density at radius 3 is 2.75 bits per heavy atom. The van der Waals surface area contributed by atoms with Crippen molar-refractivity contribution in [3.8, 4) is 17.0 Å². The highest BCUT2D eigenvalue weighted by Gasteiger charge is 2.23. The molecule has 1 aliphatic heterocycles. The van der Waals surface area contributed by atoms with E-state index in [0.717, 1.165) is 17.4 Å². The Morgan fingerprint density at radius 1 is 1.22 bits per heavy atom. The first-order chi connectivity index (χ1) is 17.3. The van der Waals surface area contributed by atoms with Crippen LogP contribution in [0.1, 0.15) is 36.7 Å². The van der Waals surface area contributed by atoms with Gasteiger partial charge in [0.15, 0.2) is 5.65 Å². The zero-order valence-corrected chi connectivity index (χ0v) is 20.2. The Bertz CT molecular complexity index is 1430. The summed E-state index contributed by atoms with van der Waals surface area (Å²) in [6, 6.07) is 9.42. The van der Waals surface area contributed by atoms with E-state index in [4.69, 9.17) is 15.5 Å². The summed E-state index contributed by atoms with van der Waals surface area (Å²) < 4.78 is 21.4. The molecule has 3 aromatic heterocycles. The van der Waals surface area contributed by atoms with Crippen LogP contribution >= 0.6 is 0 Å². The summed E-state index contributed by atoms with van der Waals surface area (Å²) >= 11 is 0. The van der Waals surface area contributed by atoms with E-state index in [9.17, 15) is 9.18 Å². The molecule has 0 spiro atoms. The Balaban J connectivity index is 1.65. The average molecular weight is 491 g/mol. The number of nitrogens with zero attached hydrogens (tertiary/aromatic N) is 4. The molecular formula is C25H27FN8O2. The number of hydrogen-bond acceptors (Lipinski definition) is 8. The second-order valence-electron chi connectivity index (χ2n) is 9.00. The number of pyridine rings is 1. The SMILES string of the molecule is CC(C)Nc1ccc(-c2c3nc4c(cnn4c2N)C(=O)NC[C@H](C)Oc2ncc(F)cc2CN3)cc1. The highest BCUT2D eigenvalue weighted by molar-refractivity contribution is 6.01. The van der Waals surface area contributed by atoms with E-state index in [-0.39, 0.29) is 36.5 Å². The van der Waals surface area contributed by atoms with Crippen LogP contribution in [0.5, 0.6) is 5.88 Å². The van der Waals surface area contributed by atoms with Gasteiger partial charge in [-0.25, -0.2) is 14.4 Å². The summed E-state index contributed by atoms with van der Waals surface area (Å²) in [5.41, 5.74) is 10.0. The van der Waals surface area contributed by atoms with Crippen molar-refractivity contribution < 1.29 is 13.9 Å². The summed E-state index contributed by atoms with van der Waals surface area (Å²) in [5.74, 6) is 0.151. The molecule has 4 aromatic rings. The molecule has 36 heavy (non-hydrogen) atoms. The summed E-state index contributed by atoms with van der Waals surface area (Å²) in [5, 5.41) is 13.8. The summed E-state index contributed by atoms with van der Waals surface area (Å²) in [6.45, 7) is 6.30. The van der Waals surface area contributed by atoms with Gasteiger partial charge in [0.05, 0.1) is 24.5 Å². The maximum absolute atomic E-state index is 14.1. The Hall–Kier alpha value is -4.41. The van der Waals surface area contributed by atoms with Crippen LogP contribution in [-0.4, -0.2) is 44.2 Å². The fourth-order valence-corrected chi connectivity index (χ4v) is 4.10. The Labute approximate surface area is 207 Å². The predicted molar refractivity (Wildman–Crippen MR) is 136 cm³/mol.